The third-order valence-electron chi connectivity index (χ3n) is 6.52. The Kier molecular flexibility index (Phi) is 4.25. The van der Waals surface area contributed by atoms with Crippen molar-refractivity contribution in [3.05, 3.63) is 87.6 Å². The van der Waals surface area contributed by atoms with Crippen LogP contribution in [-0.4, -0.2) is 49.9 Å². The predicted molar refractivity (Wildman–Crippen MR) is 113 cm³/mol. The molecule has 3 aliphatic heterocycles. The quantitative estimate of drug-likeness (QED) is 0.342. The Balaban J connectivity index is 1.65. The van der Waals surface area contributed by atoms with Gasteiger partial charge in [0.15, 0.2) is 0 Å². The Morgan fingerprint density at radius 3 is 2.39 bits per heavy atom. The summed E-state index contributed by atoms with van der Waals surface area (Å²) < 4.78 is 0. The van der Waals surface area contributed by atoms with Crippen molar-refractivity contribution in [2.24, 2.45) is 11.8 Å². The molecule has 1 aliphatic carbocycles. The first-order valence-corrected chi connectivity index (χ1v) is 10.1. The zero-order chi connectivity index (χ0) is 21.9. The van der Waals surface area contributed by atoms with Crippen LogP contribution in [0.2, 0.25) is 0 Å². The molecule has 2 amide bonds. The van der Waals surface area contributed by atoms with Crippen LogP contribution >= 0.6 is 0 Å². The molecule has 5 rings (SSSR count). The van der Waals surface area contributed by atoms with Gasteiger partial charge in [0.1, 0.15) is 5.76 Å². The van der Waals surface area contributed by atoms with Crippen molar-refractivity contribution in [2.45, 2.75) is 19.0 Å². The van der Waals surface area contributed by atoms with Crippen LogP contribution in [0.25, 0.3) is 6.08 Å². The maximum Gasteiger partial charge on any atom is 0.235 e. The Morgan fingerprint density at radius 2 is 1.71 bits per heavy atom. The summed E-state index contributed by atoms with van der Waals surface area (Å²) in [5, 5.41) is 33.2. The van der Waals surface area contributed by atoms with Crippen LogP contribution in [0.1, 0.15) is 24.1 Å². The highest BCUT2D eigenvalue weighted by Gasteiger charge is 2.63. The normalized spacial score (nSPS) is 28.2. The van der Waals surface area contributed by atoms with Crippen molar-refractivity contribution in [1.82, 2.24) is 9.80 Å². The first-order chi connectivity index (χ1) is 14.9. The molecule has 4 atom stereocenters. The molecule has 1 N–H and O–H groups in total. The summed E-state index contributed by atoms with van der Waals surface area (Å²) in [6, 6.07) is 6.62. The fourth-order valence-electron chi connectivity index (χ4n) is 5.17. The first kappa shape index (κ1) is 19.2. The van der Waals surface area contributed by atoms with Gasteiger partial charge in [-0.25, -0.2) is 0 Å². The lowest BCUT2D eigenvalue weighted by Crippen LogP contribution is -2.41. The number of rotatable bonds is 2. The van der Waals surface area contributed by atoms with Gasteiger partial charge >= 0.3 is 0 Å². The maximum atomic E-state index is 13.2. The fraction of sp³-hybridized carbons (Fsp3) is 0.261. The molecule has 2 saturated heterocycles. The van der Waals surface area contributed by atoms with Crippen molar-refractivity contribution in [3.63, 3.8) is 0 Å². The number of carbonyl (C=O) groups is 2. The van der Waals surface area contributed by atoms with E-state index in [0.29, 0.717) is 5.57 Å². The minimum Gasteiger partial charge on any atom is -0.612 e. The van der Waals surface area contributed by atoms with Gasteiger partial charge in [-0.2, -0.15) is 4.90 Å². The van der Waals surface area contributed by atoms with Crippen LogP contribution in [-0.2, 0) is 9.59 Å². The minimum atomic E-state index is -0.742. The third-order valence-corrected chi connectivity index (χ3v) is 6.52. The Labute approximate surface area is 178 Å². The summed E-state index contributed by atoms with van der Waals surface area (Å²) in [6.07, 6.45) is 9.31. The van der Waals surface area contributed by atoms with Gasteiger partial charge in [-0.15, -0.1) is 0 Å². The number of carbonyl (C=O) groups excluding carboxylic acids is 2. The molecule has 0 bridgehead atoms. The minimum absolute atomic E-state index is 0.0736. The highest BCUT2D eigenvalue weighted by Crippen LogP contribution is 2.54. The van der Waals surface area contributed by atoms with Gasteiger partial charge in [-0.3, -0.25) is 14.5 Å². The van der Waals surface area contributed by atoms with Gasteiger partial charge in [0.25, 0.3) is 0 Å². The second-order valence-corrected chi connectivity index (χ2v) is 7.94. The third kappa shape index (κ3) is 2.64. The van der Waals surface area contributed by atoms with Crippen molar-refractivity contribution in [2.75, 3.05) is 6.54 Å². The molecule has 4 unspecified atom stereocenters. The molecule has 31 heavy (non-hydrogen) atoms. The maximum absolute atomic E-state index is 13.2. The van der Waals surface area contributed by atoms with Gasteiger partial charge in [0.05, 0.1) is 23.9 Å². The predicted octanol–water partition coefficient (Wildman–Crippen LogP) is 2.40. The van der Waals surface area contributed by atoms with Gasteiger partial charge in [-0.05, 0) is 36.3 Å². The van der Waals surface area contributed by atoms with Crippen LogP contribution in [0.4, 0.5) is 0 Å². The highest BCUT2D eigenvalue weighted by molar-refractivity contribution is 6.07. The number of aliphatic hydroxyl groups is 1. The van der Waals surface area contributed by atoms with E-state index in [1.54, 1.807) is 6.92 Å². The molecule has 0 spiro atoms. The van der Waals surface area contributed by atoms with Crippen LogP contribution in [0.3, 0.4) is 0 Å². The fourth-order valence-corrected chi connectivity index (χ4v) is 5.17. The highest BCUT2D eigenvalue weighted by atomic mass is 16.8. The zero-order valence-electron chi connectivity index (χ0n) is 16.7. The van der Waals surface area contributed by atoms with Crippen molar-refractivity contribution in [1.29, 1.82) is 0 Å². The number of nitrogens with zero attached hydrogens (tertiary/aromatic N) is 3. The molecule has 0 radical (unpaired) electrons. The van der Waals surface area contributed by atoms with Crippen LogP contribution < -0.4 is 0 Å². The molecular weight excluding hydrogens is 398 g/mol. The molecule has 8 nitrogen and oxygen atoms in total. The van der Waals surface area contributed by atoms with Gasteiger partial charge < -0.3 is 20.4 Å². The lowest BCUT2D eigenvalue weighted by molar-refractivity contribution is -0.377. The number of benzene rings is 1. The summed E-state index contributed by atoms with van der Waals surface area (Å²) in [6.45, 7) is 2.04. The van der Waals surface area contributed by atoms with E-state index in [1.165, 1.54) is 29.2 Å². The van der Waals surface area contributed by atoms with E-state index in [9.17, 15) is 25.1 Å². The number of hydrogen-bond donors (Lipinski definition) is 1. The SMILES string of the molecule is CCN1C(=O)C2C(C1=O)C1c3ccccc3C=CN1C2C(O)=C1C=CC(=[N+]([O-])[O-])C=C1. The number of likely N-dealkylation sites (tertiary alicyclic amines) is 1. The number of allylic oxidation sites excluding steroid dienone is 5. The molecular formula is C23H20N3O5-. The number of imide groups is 1. The second kappa shape index (κ2) is 6.87. The lowest BCUT2D eigenvalue weighted by Gasteiger charge is -2.35. The smallest absolute Gasteiger partial charge is 0.235 e. The van der Waals surface area contributed by atoms with E-state index in [4.69, 9.17) is 0 Å². The summed E-state index contributed by atoms with van der Waals surface area (Å²) in [7, 11) is 0. The van der Waals surface area contributed by atoms with Crippen LogP contribution in [0.15, 0.2) is 66.1 Å². The van der Waals surface area contributed by atoms with Crippen LogP contribution in [0.5, 0.6) is 0 Å². The lowest BCUT2D eigenvalue weighted by atomic mass is 9.84. The van der Waals surface area contributed by atoms with E-state index in [-0.39, 0.29) is 35.9 Å². The van der Waals surface area contributed by atoms with E-state index >= 15 is 0 Å². The standard InChI is InChI=1S/C23H20N3O5/c1-2-24-22(28)17-18(23(24)29)20(21(27)14-7-9-15(10-8-14)26(30)31)25-12-11-13-5-3-4-6-16(13)19(17)25/h3-12,17-20H,2H2,1H3,(H-,27,30,31)/q-1. The number of hydrogen-bond acceptors (Lipinski definition) is 6. The largest absolute Gasteiger partial charge is 0.612 e. The van der Waals surface area contributed by atoms with E-state index in [1.807, 2.05) is 41.4 Å². The topological polar surface area (TPSA) is 110 Å². The molecule has 4 aliphatic rings. The van der Waals surface area contributed by atoms with E-state index in [2.05, 4.69) is 0 Å². The number of aliphatic hydroxyl groups excluding tert-OH is 1. The van der Waals surface area contributed by atoms with Crippen molar-refractivity contribution < 1.29 is 19.6 Å². The molecule has 2 fully saturated rings. The molecule has 8 heteroatoms. The Bertz CT molecular complexity index is 1120. The molecule has 0 saturated carbocycles. The number of amides is 2. The summed E-state index contributed by atoms with van der Waals surface area (Å²) in [5.41, 5.74) is 2.22. The van der Waals surface area contributed by atoms with Gasteiger partial charge in [0.2, 0.25) is 17.5 Å². The first-order valence-electron chi connectivity index (χ1n) is 10.1. The van der Waals surface area contributed by atoms with Gasteiger partial charge in [-0.1, -0.05) is 24.3 Å². The monoisotopic (exact) mass is 418 g/mol. The summed E-state index contributed by atoms with van der Waals surface area (Å²) in [5.74, 6) is -1.93. The molecule has 3 heterocycles. The second-order valence-electron chi connectivity index (χ2n) is 7.94. The average Bonchev–Trinajstić information content (AvgIpc) is 3.25. The molecule has 158 valence electrons. The van der Waals surface area contributed by atoms with Crippen LogP contribution in [0, 0.1) is 22.3 Å². The number of fused-ring (bicyclic) bond motifs is 5. The molecule has 1 aromatic rings. The zero-order valence-corrected chi connectivity index (χ0v) is 16.7. The van der Waals surface area contributed by atoms with E-state index < -0.39 is 22.8 Å². The summed E-state index contributed by atoms with van der Waals surface area (Å²) in [4.78, 5) is 29.1. The molecule has 1 aromatic carbocycles. The van der Waals surface area contributed by atoms with Crippen molar-refractivity contribution in [3.8, 4) is 0 Å². The Morgan fingerprint density at radius 1 is 1.03 bits per heavy atom. The summed E-state index contributed by atoms with van der Waals surface area (Å²) >= 11 is 0. The van der Waals surface area contributed by atoms with Gasteiger partial charge in [0, 0.05) is 30.5 Å². The average molecular weight is 418 g/mol. The molecule has 0 aromatic heterocycles. The van der Waals surface area contributed by atoms with Crippen molar-refractivity contribution >= 4 is 23.6 Å². The Hall–Kier alpha value is -3.81. The van der Waals surface area contributed by atoms with E-state index in [0.717, 1.165) is 11.1 Å².